The zero-order valence-electron chi connectivity index (χ0n) is 10.6. The summed E-state index contributed by atoms with van der Waals surface area (Å²) >= 11 is 0. The topological polar surface area (TPSA) is 101 Å². The monoisotopic (exact) mass is 262 g/mol. The molecular weight excluding hydrogens is 244 g/mol. The van der Waals surface area contributed by atoms with Gasteiger partial charge in [-0.25, -0.2) is 4.79 Å². The van der Waals surface area contributed by atoms with Crippen LogP contribution in [0.3, 0.4) is 0 Å². The van der Waals surface area contributed by atoms with Crippen LogP contribution in [0.2, 0.25) is 0 Å². The standard InChI is InChI=1S/C13H18N4O2/c14-12(18)9-1-3-10(4-2-9)16-11-5-7-17(8-6-11)13(15)19/h1-4,11,16H,5-8H2,(H2,14,18)(H2,15,19). The van der Waals surface area contributed by atoms with E-state index in [1.165, 1.54) is 0 Å². The number of likely N-dealkylation sites (tertiary alicyclic amines) is 1. The number of carbonyl (C=O) groups is 2. The van der Waals surface area contributed by atoms with E-state index < -0.39 is 5.91 Å². The summed E-state index contributed by atoms with van der Waals surface area (Å²) in [7, 11) is 0. The number of hydrogen-bond acceptors (Lipinski definition) is 3. The van der Waals surface area contributed by atoms with E-state index in [1.807, 2.05) is 12.1 Å². The number of rotatable bonds is 3. The summed E-state index contributed by atoms with van der Waals surface area (Å²) in [5.41, 5.74) is 11.9. The molecule has 0 spiro atoms. The van der Waals surface area contributed by atoms with E-state index in [-0.39, 0.29) is 6.03 Å². The van der Waals surface area contributed by atoms with Crippen LogP contribution in [0.5, 0.6) is 0 Å². The van der Waals surface area contributed by atoms with E-state index in [2.05, 4.69) is 5.32 Å². The predicted octanol–water partition coefficient (Wildman–Crippen LogP) is 0.740. The minimum Gasteiger partial charge on any atom is -0.382 e. The number of anilines is 1. The number of amides is 3. The molecule has 0 unspecified atom stereocenters. The van der Waals surface area contributed by atoms with E-state index in [1.54, 1.807) is 17.0 Å². The molecule has 1 aromatic rings. The van der Waals surface area contributed by atoms with Gasteiger partial charge in [-0.1, -0.05) is 0 Å². The molecule has 0 atom stereocenters. The van der Waals surface area contributed by atoms with Crippen LogP contribution >= 0.6 is 0 Å². The van der Waals surface area contributed by atoms with Crippen molar-refractivity contribution in [2.24, 2.45) is 11.5 Å². The Balaban J connectivity index is 1.88. The van der Waals surface area contributed by atoms with Crippen molar-refractivity contribution in [2.45, 2.75) is 18.9 Å². The van der Waals surface area contributed by atoms with Crippen molar-refractivity contribution in [2.75, 3.05) is 18.4 Å². The zero-order valence-corrected chi connectivity index (χ0v) is 10.6. The number of nitrogens with two attached hydrogens (primary N) is 2. The molecule has 102 valence electrons. The molecule has 1 aromatic carbocycles. The number of benzene rings is 1. The quantitative estimate of drug-likeness (QED) is 0.748. The first-order valence-corrected chi connectivity index (χ1v) is 6.27. The SMILES string of the molecule is NC(=O)c1ccc(NC2CCN(C(N)=O)CC2)cc1. The van der Waals surface area contributed by atoms with Gasteiger partial charge in [-0.15, -0.1) is 0 Å². The van der Waals surface area contributed by atoms with Crippen LogP contribution in [0, 0.1) is 0 Å². The molecule has 1 aliphatic heterocycles. The number of primary amides is 2. The van der Waals surface area contributed by atoms with Crippen LogP contribution in [0.25, 0.3) is 0 Å². The van der Waals surface area contributed by atoms with Gasteiger partial charge >= 0.3 is 6.03 Å². The molecule has 1 aliphatic rings. The number of piperidine rings is 1. The van der Waals surface area contributed by atoms with Crippen molar-refractivity contribution >= 4 is 17.6 Å². The largest absolute Gasteiger partial charge is 0.382 e. The minimum atomic E-state index is -0.429. The van der Waals surface area contributed by atoms with E-state index >= 15 is 0 Å². The molecule has 1 heterocycles. The number of carbonyl (C=O) groups excluding carboxylic acids is 2. The first kappa shape index (κ1) is 13.2. The molecule has 1 saturated heterocycles. The molecule has 1 fully saturated rings. The van der Waals surface area contributed by atoms with Gasteiger partial charge in [-0.2, -0.15) is 0 Å². The Morgan fingerprint density at radius 2 is 1.68 bits per heavy atom. The molecule has 19 heavy (non-hydrogen) atoms. The lowest BCUT2D eigenvalue weighted by molar-refractivity contribution is 0.100. The molecule has 6 heteroatoms. The third-order valence-electron chi connectivity index (χ3n) is 3.35. The normalized spacial score (nSPS) is 16.1. The van der Waals surface area contributed by atoms with Crippen molar-refractivity contribution in [1.82, 2.24) is 4.90 Å². The summed E-state index contributed by atoms with van der Waals surface area (Å²) in [6.07, 6.45) is 1.72. The molecule has 2 rings (SSSR count). The molecule has 0 aliphatic carbocycles. The molecular formula is C13H18N4O2. The van der Waals surface area contributed by atoms with Crippen LogP contribution < -0.4 is 16.8 Å². The van der Waals surface area contributed by atoms with Gasteiger partial charge in [0.1, 0.15) is 0 Å². The van der Waals surface area contributed by atoms with Crippen molar-refractivity contribution in [3.63, 3.8) is 0 Å². The van der Waals surface area contributed by atoms with Gasteiger partial charge in [0.25, 0.3) is 0 Å². The van der Waals surface area contributed by atoms with Crippen molar-refractivity contribution in [3.05, 3.63) is 29.8 Å². The maximum absolute atomic E-state index is 11.0. The maximum atomic E-state index is 11.0. The highest BCUT2D eigenvalue weighted by Crippen LogP contribution is 2.17. The average Bonchev–Trinajstić information content (AvgIpc) is 2.40. The summed E-state index contributed by atoms with van der Waals surface area (Å²) in [5, 5.41) is 3.38. The highest BCUT2D eigenvalue weighted by atomic mass is 16.2. The van der Waals surface area contributed by atoms with Gasteiger partial charge in [0.2, 0.25) is 5.91 Å². The molecule has 0 radical (unpaired) electrons. The molecule has 0 bridgehead atoms. The zero-order chi connectivity index (χ0) is 13.8. The maximum Gasteiger partial charge on any atom is 0.314 e. The predicted molar refractivity (Wildman–Crippen MR) is 72.8 cm³/mol. The number of urea groups is 1. The minimum absolute atomic E-state index is 0.315. The lowest BCUT2D eigenvalue weighted by Gasteiger charge is -2.31. The van der Waals surface area contributed by atoms with E-state index in [9.17, 15) is 9.59 Å². The fourth-order valence-electron chi connectivity index (χ4n) is 2.21. The fraction of sp³-hybridized carbons (Fsp3) is 0.385. The number of hydrogen-bond donors (Lipinski definition) is 3. The van der Waals surface area contributed by atoms with Crippen LogP contribution in [-0.4, -0.2) is 36.0 Å². The second-order valence-electron chi connectivity index (χ2n) is 4.69. The van der Waals surface area contributed by atoms with Crippen molar-refractivity contribution in [3.8, 4) is 0 Å². The highest BCUT2D eigenvalue weighted by Gasteiger charge is 2.20. The van der Waals surface area contributed by atoms with Crippen LogP contribution in [-0.2, 0) is 0 Å². The smallest absolute Gasteiger partial charge is 0.314 e. The molecule has 0 saturated carbocycles. The Kier molecular flexibility index (Phi) is 3.89. The average molecular weight is 262 g/mol. The summed E-state index contributed by atoms with van der Waals surface area (Å²) in [4.78, 5) is 23.6. The molecule has 0 aromatic heterocycles. The Labute approximate surface area is 111 Å². The second-order valence-corrected chi connectivity index (χ2v) is 4.69. The second kappa shape index (κ2) is 5.60. The summed E-state index contributed by atoms with van der Waals surface area (Å²) in [6, 6.07) is 7.02. The van der Waals surface area contributed by atoms with E-state index in [0.717, 1.165) is 18.5 Å². The number of nitrogens with one attached hydrogen (secondary N) is 1. The number of nitrogens with zero attached hydrogens (tertiary/aromatic N) is 1. The van der Waals surface area contributed by atoms with Gasteiger partial charge in [0.05, 0.1) is 0 Å². The molecule has 6 nitrogen and oxygen atoms in total. The first-order chi connectivity index (χ1) is 9.06. The molecule has 3 amide bonds. The van der Waals surface area contributed by atoms with Crippen LogP contribution in [0.15, 0.2) is 24.3 Å². The lowest BCUT2D eigenvalue weighted by atomic mass is 10.0. The van der Waals surface area contributed by atoms with Gasteiger partial charge in [-0.05, 0) is 37.1 Å². The van der Waals surface area contributed by atoms with Gasteiger partial charge in [-0.3, -0.25) is 4.79 Å². The van der Waals surface area contributed by atoms with Crippen molar-refractivity contribution in [1.29, 1.82) is 0 Å². The third-order valence-corrected chi connectivity index (χ3v) is 3.35. The Morgan fingerprint density at radius 1 is 1.11 bits per heavy atom. The fourth-order valence-corrected chi connectivity index (χ4v) is 2.21. The van der Waals surface area contributed by atoms with Crippen LogP contribution in [0.4, 0.5) is 10.5 Å². The Morgan fingerprint density at radius 3 is 2.16 bits per heavy atom. The summed E-state index contributed by atoms with van der Waals surface area (Å²) in [6.45, 7) is 1.35. The van der Waals surface area contributed by atoms with Gasteiger partial charge < -0.3 is 21.7 Å². The Hall–Kier alpha value is -2.24. The lowest BCUT2D eigenvalue weighted by Crippen LogP contribution is -2.44. The Bertz CT molecular complexity index is 464. The van der Waals surface area contributed by atoms with Crippen molar-refractivity contribution < 1.29 is 9.59 Å². The van der Waals surface area contributed by atoms with Gasteiger partial charge in [0.15, 0.2) is 0 Å². The first-order valence-electron chi connectivity index (χ1n) is 6.27. The van der Waals surface area contributed by atoms with Gasteiger partial charge in [0, 0.05) is 30.4 Å². The third kappa shape index (κ3) is 3.37. The summed E-state index contributed by atoms with van der Waals surface area (Å²) in [5.74, 6) is -0.429. The summed E-state index contributed by atoms with van der Waals surface area (Å²) < 4.78 is 0. The highest BCUT2D eigenvalue weighted by molar-refractivity contribution is 5.93. The van der Waals surface area contributed by atoms with E-state index in [0.29, 0.717) is 24.7 Å². The molecule has 5 N–H and O–H groups in total. The van der Waals surface area contributed by atoms with E-state index in [4.69, 9.17) is 11.5 Å². The van der Waals surface area contributed by atoms with Crippen LogP contribution in [0.1, 0.15) is 23.2 Å².